The van der Waals surface area contributed by atoms with Gasteiger partial charge in [0.15, 0.2) is 0 Å². The molecule has 0 unspecified atom stereocenters. The normalized spacial score (nSPS) is 22.0. The maximum absolute atomic E-state index is 5.92. The quantitative estimate of drug-likeness (QED) is 0.843. The van der Waals surface area contributed by atoms with E-state index < -0.39 is 0 Å². The fourth-order valence-electron chi connectivity index (χ4n) is 2.19. The minimum atomic E-state index is 0.350. The van der Waals surface area contributed by atoms with E-state index in [0.717, 1.165) is 31.8 Å². The van der Waals surface area contributed by atoms with Crippen molar-refractivity contribution in [3.05, 3.63) is 23.9 Å². The Kier molecular flexibility index (Phi) is 2.79. The molecule has 0 spiro atoms. The fourth-order valence-corrected chi connectivity index (χ4v) is 2.19. The van der Waals surface area contributed by atoms with E-state index in [4.69, 9.17) is 4.74 Å². The van der Waals surface area contributed by atoms with Crippen LogP contribution in [0.3, 0.4) is 0 Å². The Balaban J connectivity index is 1.66. The Morgan fingerprint density at radius 2 is 1.94 bits per heavy atom. The van der Waals surface area contributed by atoms with Crippen LogP contribution in [0.2, 0.25) is 0 Å². The molecule has 3 heteroatoms. The first-order chi connectivity index (χ1) is 7.92. The van der Waals surface area contributed by atoms with Crippen LogP contribution in [0.25, 0.3) is 0 Å². The Morgan fingerprint density at radius 3 is 2.69 bits per heavy atom. The van der Waals surface area contributed by atoms with Crippen LogP contribution in [0.4, 0.5) is 0 Å². The molecule has 86 valence electrons. The number of nitrogens with zero attached hydrogens (tertiary/aromatic N) is 1. The lowest BCUT2D eigenvalue weighted by Crippen LogP contribution is -2.34. The summed E-state index contributed by atoms with van der Waals surface area (Å²) in [7, 11) is 0. The zero-order chi connectivity index (χ0) is 10.8. The van der Waals surface area contributed by atoms with Crippen molar-refractivity contribution in [2.24, 2.45) is 0 Å². The van der Waals surface area contributed by atoms with Gasteiger partial charge in [0.1, 0.15) is 6.10 Å². The van der Waals surface area contributed by atoms with Gasteiger partial charge in [-0.15, -0.1) is 0 Å². The second-order valence-electron chi connectivity index (χ2n) is 4.74. The number of piperidine rings is 1. The molecule has 1 N–H and O–H groups in total. The number of ether oxygens (including phenoxy) is 1. The Hall–Kier alpha value is -1.09. The van der Waals surface area contributed by atoms with E-state index in [1.807, 2.05) is 6.07 Å². The minimum absolute atomic E-state index is 0.350. The lowest BCUT2D eigenvalue weighted by Gasteiger charge is -2.23. The van der Waals surface area contributed by atoms with Crippen molar-refractivity contribution in [1.82, 2.24) is 10.3 Å². The second kappa shape index (κ2) is 4.42. The largest absolute Gasteiger partial charge is 0.474 e. The summed E-state index contributed by atoms with van der Waals surface area (Å²) in [5, 5.41) is 3.34. The Bertz CT molecular complexity index is 357. The number of hydrogen-bond acceptors (Lipinski definition) is 3. The van der Waals surface area contributed by atoms with E-state index in [0.29, 0.717) is 12.0 Å². The first-order valence-corrected chi connectivity index (χ1v) is 6.26. The van der Waals surface area contributed by atoms with Crippen LogP contribution >= 0.6 is 0 Å². The van der Waals surface area contributed by atoms with Gasteiger partial charge in [0, 0.05) is 17.7 Å². The Morgan fingerprint density at radius 1 is 1.12 bits per heavy atom. The molecule has 2 heterocycles. The van der Waals surface area contributed by atoms with Gasteiger partial charge in [0.25, 0.3) is 0 Å². The summed E-state index contributed by atoms with van der Waals surface area (Å²) in [5.74, 6) is 1.52. The molecule has 16 heavy (non-hydrogen) atoms. The highest BCUT2D eigenvalue weighted by Crippen LogP contribution is 2.39. The Labute approximate surface area is 96.2 Å². The number of hydrogen-bond donors (Lipinski definition) is 1. The molecule has 1 aliphatic heterocycles. The molecule has 2 aliphatic rings. The standard InChI is InChI=1S/C13H18N2O/c1-2-12(10-4-5-10)15-13(3-1)16-11-6-8-14-9-7-11/h1-3,10-11,14H,4-9H2. The molecule has 1 aromatic rings. The van der Waals surface area contributed by atoms with Crippen molar-refractivity contribution in [1.29, 1.82) is 0 Å². The molecular weight excluding hydrogens is 200 g/mol. The highest BCUT2D eigenvalue weighted by Gasteiger charge is 2.25. The van der Waals surface area contributed by atoms with E-state index >= 15 is 0 Å². The van der Waals surface area contributed by atoms with Gasteiger partial charge >= 0.3 is 0 Å². The van der Waals surface area contributed by atoms with E-state index in [-0.39, 0.29) is 0 Å². The van der Waals surface area contributed by atoms with Gasteiger partial charge in [-0.1, -0.05) is 6.07 Å². The molecule has 1 saturated carbocycles. The average Bonchev–Trinajstić information content (AvgIpc) is 3.15. The minimum Gasteiger partial charge on any atom is -0.474 e. The van der Waals surface area contributed by atoms with E-state index in [9.17, 15) is 0 Å². The maximum Gasteiger partial charge on any atom is 0.213 e. The van der Waals surface area contributed by atoms with E-state index in [1.54, 1.807) is 0 Å². The molecule has 0 bridgehead atoms. The van der Waals surface area contributed by atoms with Crippen LogP contribution in [0.1, 0.15) is 37.3 Å². The monoisotopic (exact) mass is 218 g/mol. The van der Waals surface area contributed by atoms with Crippen molar-refractivity contribution in [3.8, 4) is 5.88 Å². The molecule has 0 radical (unpaired) electrons. The summed E-state index contributed by atoms with van der Waals surface area (Å²) >= 11 is 0. The van der Waals surface area contributed by atoms with Crippen LogP contribution < -0.4 is 10.1 Å². The van der Waals surface area contributed by atoms with Gasteiger partial charge in [-0.3, -0.25) is 0 Å². The van der Waals surface area contributed by atoms with Crippen molar-refractivity contribution >= 4 is 0 Å². The molecule has 2 fully saturated rings. The predicted molar refractivity (Wildman–Crippen MR) is 62.7 cm³/mol. The van der Waals surface area contributed by atoms with Crippen molar-refractivity contribution in [2.45, 2.75) is 37.7 Å². The van der Waals surface area contributed by atoms with Gasteiger partial charge in [-0.05, 0) is 44.8 Å². The van der Waals surface area contributed by atoms with Gasteiger partial charge in [0.05, 0.1) is 0 Å². The molecule has 0 amide bonds. The zero-order valence-corrected chi connectivity index (χ0v) is 9.48. The van der Waals surface area contributed by atoms with Crippen molar-refractivity contribution in [2.75, 3.05) is 13.1 Å². The van der Waals surface area contributed by atoms with Crippen LogP contribution in [0.5, 0.6) is 5.88 Å². The van der Waals surface area contributed by atoms with E-state index in [2.05, 4.69) is 22.4 Å². The second-order valence-corrected chi connectivity index (χ2v) is 4.74. The number of nitrogens with one attached hydrogen (secondary N) is 1. The highest BCUT2D eigenvalue weighted by atomic mass is 16.5. The first-order valence-electron chi connectivity index (χ1n) is 6.26. The molecule has 3 rings (SSSR count). The third kappa shape index (κ3) is 2.35. The summed E-state index contributed by atoms with van der Waals surface area (Å²) < 4.78 is 5.92. The highest BCUT2D eigenvalue weighted by molar-refractivity contribution is 5.21. The lowest BCUT2D eigenvalue weighted by atomic mass is 10.1. The SMILES string of the molecule is c1cc(OC2CCNCC2)nc(C2CC2)c1. The summed E-state index contributed by atoms with van der Waals surface area (Å²) in [6, 6.07) is 6.16. The fraction of sp³-hybridized carbons (Fsp3) is 0.615. The summed E-state index contributed by atoms with van der Waals surface area (Å²) in [6.07, 6.45) is 5.13. The van der Waals surface area contributed by atoms with Crippen LogP contribution in [-0.4, -0.2) is 24.2 Å². The third-order valence-electron chi connectivity index (χ3n) is 3.31. The molecule has 0 aromatic carbocycles. The molecular formula is C13H18N2O. The summed E-state index contributed by atoms with van der Waals surface area (Å²) in [5.41, 5.74) is 1.21. The van der Waals surface area contributed by atoms with Crippen LogP contribution in [0.15, 0.2) is 18.2 Å². The number of pyridine rings is 1. The van der Waals surface area contributed by atoms with Crippen LogP contribution in [0, 0.1) is 0 Å². The van der Waals surface area contributed by atoms with E-state index in [1.165, 1.54) is 18.5 Å². The molecule has 3 nitrogen and oxygen atoms in total. The topological polar surface area (TPSA) is 34.1 Å². The van der Waals surface area contributed by atoms with Gasteiger partial charge in [0.2, 0.25) is 5.88 Å². The van der Waals surface area contributed by atoms with Gasteiger partial charge in [-0.25, -0.2) is 4.98 Å². The van der Waals surface area contributed by atoms with Gasteiger partial charge in [-0.2, -0.15) is 0 Å². The average molecular weight is 218 g/mol. The first kappa shape index (κ1) is 10.1. The maximum atomic E-state index is 5.92. The van der Waals surface area contributed by atoms with Crippen molar-refractivity contribution in [3.63, 3.8) is 0 Å². The summed E-state index contributed by atoms with van der Waals surface area (Å²) in [6.45, 7) is 2.12. The van der Waals surface area contributed by atoms with Crippen LogP contribution in [-0.2, 0) is 0 Å². The van der Waals surface area contributed by atoms with Gasteiger partial charge < -0.3 is 10.1 Å². The third-order valence-corrected chi connectivity index (χ3v) is 3.31. The molecule has 1 saturated heterocycles. The number of rotatable bonds is 3. The summed E-state index contributed by atoms with van der Waals surface area (Å²) in [4.78, 5) is 4.59. The lowest BCUT2D eigenvalue weighted by molar-refractivity contribution is 0.155. The molecule has 1 aliphatic carbocycles. The smallest absolute Gasteiger partial charge is 0.213 e. The van der Waals surface area contributed by atoms with Crippen molar-refractivity contribution < 1.29 is 4.74 Å². The number of aromatic nitrogens is 1. The molecule has 0 atom stereocenters. The molecule has 1 aromatic heterocycles. The predicted octanol–water partition coefficient (Wildman–Crippen LogP) is 2.09. The zero-order valence-electron chi connectivity index (χ0n) is 9.48.